The van der Waals surface area contributed by atoms with Gasteiger partial charge in [0.2, 0.25) is 5.75 Å². The van der Waals surface area contributed by atoms with Gasteiger partial charge in [-0.15, -0.1) is 0 Å². The Hall–Kier alpha value is -4.39. The van der Waals surface area contributed by atoms with E-state index < -0.39 is 11.9 Å². The maximum Gasteiger partial charge on any atom is 0.352 e. The molecule has 1 atom stereocenters. The van der Waals surface area contributed by atoms with Crippen molar-refractivity contribution < 1.29 is 28.5 Å². The summed E-state index contributed by atoms with van der Waals surface area (Å²) < 4.78 is 20.8. The van der Waals surface area contributed by atoms with Gasteiger partial charge in [0.15, 0.2) is 17.1 Å². The first-order valence-electron chi connectivity index (χ1n) is 10.4. The lowest BCUT2D eigenvalue weighted by Crippen LogP contribution is -2.43. The second-order valence-electron chi connectivity index (χ2n) is 6.85. The van der Waals surface area contributed by atoms with Gasteiger partial charge in [-0.3, -0.25) is 15.6 Å². The number of methoxy groups -OCH3 is 3. The first kappa shape index (κ1) is 25.9. The minimum atomic E-state index is -0.831. The minimum absolute atomic E-state index is 0.0157. The van der Waals surface area contributed by atoms with Gasteiger partial charge in [-0.2, -0.15) is 5.26 Å². The van der Waals surface area contributed by atoms with E-state index in [4.69, 9.17) is 18.9 Å². The number of nitrogens with one attached hydrogen (secondary N) is 3. The van der Waals surface area contributed by atoms with Crippen molar-refractivity contribution in [2.75, 3.05) is 27.9 Å². The Morgan fingerprint density at radius 3 is 2.12 bits per heavy atom. The summed E-state index contributed by atoms with van der Waals surface area (Å²) in [5.74, 6) is -0.499. The van der Waals surface area contributed by atoms with E-state index in [-0.39, 0.29) is 29.6 Å². The van der Waals surface area contributed by atoms with Crippen molar-refractivity contribution in [3.8, 4) is 23.3 Å². The van der Waals surface area contributed by atoms with Gasteiger partial charge in [-0.1, -0.05) is 30.3 Å². The number of amides is 1. The molecule has 180 valence electrons. The van der Waals surface area contributed by atoms with Gasteiger partial charge in [-0.25, -0.2) is 4.79 Å². The van der Waals surface area contributed by atoms with Crippen LogP contribution in [0.4, 0.5) is 0 Å². The number of benzene rings is 2. The fourth-order valence-corrected chi connectivity index (χ4v) is 3.02. The van der Waals surface area contributed by atoms with Crippen LogP contribution in [0.25, 0.3) is 0 Å². The number of carbonyl (C=O) groups is 2. The molecule has 0 radical (unpaired) electrons. The number of hydrogen-bond acceptors (Lipinski definition) is 9. The lowest BCUT2D eigenvalue weighted by molar-refractivity contribution is -0.138. The van der Waals surface area contributed by atoms with Crippen LogP contribution >= 0.6 is 0 Å². The van der Waals surface area contributed by atoms with Crippen molar-refractivity contribution in [2.45, 2.75) is 19.9 Å². The van der Waals surface area contributed by atoms with E-state index in [0.29, 0.717) is 17.2 Å². The van der Waals surface area contributed by atoms with Crippen molar-refractivity contribution in [1.29, 1.82) is 5.26 Å². The van der Waals surface area contributed by atoms with Gasteiger partial charge in [0.05, 0.1) is 27.9 Å². The first-order valence-corrected chi connectivity index (χ1v) is 10.4. The van der Waals surface area contributed by atoms with Gasteiger partial charge in [0.1, 0.15) is 11.9 Å². The number of esters is 1. The summed E-state index contributed by atoms with van der Waals surface area (Å²) in [6.07, 6.45) is 0. The van der Waals surface area contributed by atoms with Crippen LogP contribution in [0, 0.1) is 11.3 Å². The van der Waals surface area contributed by atoms with Crippen molar-refractivity contribution in [2.24, 2.45) is 0 Å². The molecular weight excluding hydrogens is 440 g/mol. The monoisotopic (exact) mass is 468 g/mol. The topological polar surface area (TPSA) is 131 Å². The van der Waals surface area contributed by atoms with Gasteiger partial charge >= 0.3 is 5.97 Å². The molecule has 0 saturated heterocycles. The van der Waals surface area contributed by atoms with Gasteiger partial charge in [0, 0.05) is 11.6 Å². The summed E-state index contributed by atoms with van der Waals surface area (Å²) in [7, 11) is 4.33. The van der Waals surface area contributed by atoms with E-state index >= 15 is 0 Å². The molecule has 0 saturated carbocycles. The number of hydrogen-bond donors (Lipinski definition) is 3. The quantitative estimate of drug-likeness (QED) is 0.197. The number of nitriles is 1. The van der Waals surface area contributed by atoms with Crippen LogP contribution in [-0.2, 0) is 9.53 Å². The molecule has 10 nitrogen and oxygen atoms in total. The van der Waals surface area contributed by atoms with Gasteiger partial charge < -0.3 is 24.3 Å². The normalized spacial score (nSPS) is 11.8. The fourth-order valence-electron chi connectivity index (χ4n) is 3.02. The SMILES string of the molecule is CCOC(=O)/C(C#N)=C(/NNC(=O)c1cc(OC)c(OC)c(OC)c1)N[C@@H](C)c1ccccc1. The van der Waals surface area contributed by atoms with E-state index in [1.54, 1.807) is 6.92 Å². The number of ether oxygens (including phenoxy) is 4. The number of carbonyl (C=O) groups excluding carboxylic acids is 2. The van der Waals surface area contributed by atoms with Crippen molar-refractivity contribution >= 4 is 11.9 Å². The van der Waals surface area contributed by atoms with E-state index in [2.05, 4.69) is 16.2 Å². The molecule has 0 spiro atoms. The standard InChI is InChI=1S/C24H28N4O6/c1-6-34-24(30)18(14-25)22(26-15(2)16-10-8-7-9-11-16)27-28-23(29)17-12-19(31-3)21(33-5)20(13-17)32-4/h7-13,15,26-27H,6H2,1-5H3,(H,28,29)/b22-18+/t15-/m0/s1. The zero-order chi connectivity index (χ0) is 25.1. The second-order valence-corrected chi connectivity index (χ2v) is 6.85. The van der Waals surface area contributed by atoms with Gasteiger partial charge in [-0.05, 0) is 31.5 Å². The van der Waals surface area contributed by atoms with Crippen LogP contribution in [0.3, 0.4) is 0 Å². The maximum atomic E-state index is 12.9. The zero-order valence-electron chi connectivity index (χ0n) is 19.7. The number of nitrogens with zero attached hydrogens (tertiary/aromatic N) is 1. The minimum Gasteiger partial charge on any atom is -0.493 e. The highest BCUT2D eigenvalue weighted by Gasteiger charge is 2.21. The lowest BCUT2D eigenvalue weighted by Gasteiger charge is -2.21. The van der Waals surface area contributed by atoms with Crippen LogP contribution in [-0.4, -0.2) is 39.8 Å². The Morgan fingerprint density at radius 2 is 1.62 bits per heavy atom. The third kappa shape index (κ3) is 6.32. The molecule has 1 amide bonds. The summed E-state index contributed by atoms with van der Waals surface area (Å²) >= 11 is 0. The van der Waals surface area contributed by atoms with Crippen molar-refractivity contribution in [3.05, 3.63) is 65.0 Å². The molecule has 0 aliphatic rings. The Morgan fingerprint density at radius 1 is 1.00 bits per heavy atom. The van der Waals surface area contributed by atoms with Crippen LogP contribution in [0.5, 0.6) is 17.2 Å². The average Bonchev–Trinajstić information content (AvgIpc) is 2.86. The summed E-state index contributed by atoms with van der Waals surface area (Å²) in [6.45, 7) is 3.56. The first-order chi connectivity index (χ1) is 16.4. The molecule has 34 heavy (non-hydrogen) atoms. The molecule has 0 bridgehead atoms. The maximum absolute atomic E-state index is 12.9. The molecule has 0 heterocycles. The molecule has 0 aromatic heterocycles. The molecule has 10 heteroatoms. The van der Waals surface area contributed by atoms with E-state index in [1.165, 1.54) is 33.5 Å². The molecule has 0 aliphatic heterocycles. The van der Waals surface area contributed by atoms with Crippen LogP contribution in [0.1, 0.15) is 35.8 Å². The van der Waals surface area contributed by atoms with Crippen LogP contribution in [0.2, 0.25) is 0 Å². The Balaban J connectivity index is 2.34. The molecule has 3 N–H and O–H groups in total. The largest absolute Gasteiger partial charge is 0.493 e. The highest BCUT2D eigenvalue weighted by Crippen LogP contribution is 2.38. The molecule has 0 unspecified atom stereocenters. The predicted molar refractivity (Wildman–Crippen MR) is 124 cm³/mol. The third-order valence-electron chi connectivity index (χ3n) is 4.73. The predicted octanol–water partition coefficient (Wildman–Crippen LogP) is 2.60. The summed E-state index contributed by atoms with van der Waals surface area (Å²) in [4.78, 5) is 25.2. The fraction of sp³-hybridized carbons (Fsp3) is 0.292. The van der Waals surface area contributed by atoms with Crippen LogP contribution in [0.15, 0.2) is 53.9 Å². The van der Waals surface area contributed by atoms with E-state index in [9.17, 15) is 14.9 Å². The summed E-state index contributed by atoms with van der Waals surface area (Å²) in [5, 5.41) is 12.7. The lowest BCUT2D eigenvalue weighted by atomic mass is 10.1. The second kappa shape index (κ2) is 12.6. The Bertz CT molecular complexity index is 1050. The molecule has 2 rings (SSSR count). The summed E-state index contributed by atoms with van der Waals surface area (Å²) in [5.41, 5.74) is 5.90. The highest BCUT2D eigenvalue weighted by molar-refractivity contribution is 5.96. The molecule has 2 aromatic rings. The highest BCUT2D eigenvalue weighted by atomic mass is 16.5. The molecular formula is C24H28N4O6. The molecule has 2 aromatic carbocycles. The van der Waals surface area contributed by atoms with E-state index in [0.717, 1.165) is 5.56 Å². The van der Waals surface area contributed by atoms with E-state index in [1.807, 2.05) is 43.3 Å². The number of rotatable bonds is 11. The Kier molecular flexibility index (Phi) is 9.58. The zero-order valence-corrected chi connectivity index (χ0v) is 19.7. The average molecular weight is 469 g/mol. The number of hydrazine groups is 1. The third-order valence-corrected chi connectivity index (χ3v) is 4.73. The molecule has 0 fully saturated rings. The van der Waals surface area contributed by atoms with Crippen molar-refractivity contribution in [1.82, 2.24) is 16.2 Å². The van der Waals surface area contributed by atoms with Crippen LogP contribution < -0.4 is 30.4 Å². The molecule has 0 aliphatic carbocycles. The summed E-state index contributed by atoms with van der Waals surface area (Å²) in [6, 6.07) is 13.9. The van der Waals surface area contributed by atoms with Crippen molar-refractivity contribution in [3.63, 3.8) is 0 Å². The van der Waals surface area contributed by atoms with Gasteiger partial charge in [0.25, 0.3) is 5.91 Å². The smallest absolute Gasteiger partial charge is 0.352 e. The Labute approximate surface area is 198 Å².